The number of carbonyl (C=O) groups is 1. The summed E-state index contributed by atoms with van der Waals surface area (Å²) in [5.41, 5.74) is 4.59. The molecule has 2 aromatic carbocycles. The maximum absolute atomic E-state index is 11.6. The van der Waals surface area contributed by atoms with Gasteiger partial charge in [-0.15, -0.1) is 11.3 Å². The lowest BCUT2D eigenvalue weighted by atomic mass is 9.93. The van der Waals surface area contributed by atoms with Crippen molar-refractivity contribution in [2.24, 2.45) is 0 Å². The first kappa shape index (κ1) is 27.9. The van der Waals surface area contributed by atoms with Crippen LogP contribution in [-0.2, 0) is 11.2 Å². The van der Waals surface area contributed by atoms with Crippen molar-refractivity contribution in [3.8, 4) is 21.8 Å². The van der Waals surface area contributed by atoms with Crippen LogP contribution in [0.4, 0.5) is 5.95 Å². The van der Waals surface area contributed by atoms with Crippen LogP contribution < -0.4 is 10.2 Å². The summed E-state index contributed by atoms with van der Waals surface area (Å²) >= 11 is 7.63. The summed E-state index contributed by atoms with van der Waals surface area (Å²) in [6, 6.07) is 11.3. The summed E-state index contributed by atoms with van der Waals surface area (Å²) in [4.78, 5) is 28.0. The third-order valence-corrected chi connectivity index (χ3v) is 7.10. The Kier molecular flexibility index (Phi) is 8.62. The number of aliphatic carboxylic acids is 1. The van der Waals surface area contributed by atoms with Crippen molar-refractivity contribution >= 4 is 45.1 Å². The highest BCUT2D eigenvalue weighted by Crippen LogP contribution is 2.40. The monoisotopic (exact) mass is 553 g/mol. The third kappa shape index (κ3) is 7.05. The zero-order chi connectivity index (χ0) is 27.4. The minimum Gasteiger partial charge on any atom is -0.481 e. The molecular weight excluding hydrogens is 522 g/mol. The van der Waals surface area contributed by atoms with Crippen LogP contribution in [0.2, 0.25) is 5.02 Å². The average Bonchev–Trinajstić information content (AvgIpc) is 3.28. The van der Waals surface area contributed by atoms with E-state index in [2.05, 4.69) is 15.2 Å². The van der Waals surface area contributed by atoms with E-state index >= 15 is 0 Å². The van der Waals surface area contributed by atoms with Gasteiger partial charge in [-0.3, -0.25) is 4.79 Å². The Morgan fingerprint density at radius 1 is 1.13 bits per heavy atom. The lowest BCUT2D eigenvalue weighted by Crippen LogP contribution is -2.44. The van der Waals surface area contributed by atoms with Gasteiger partial charge in [0.15, 0.2) is 0 Å². The van der Waals surface area contributed by atoms with Crippen LogP contribution in [-0.4, -0.2) is 62.9 Å². The fourth-order valence-electron chi connectivity index (χ4n) is 4.13. The quantitative estimate of drug-likeness (QED) is 0.309. The summed E-state index contributed by atoms with van der Waals surface area (Å²) in [6.07, 6.45) is 1.71. The fraction of sp³-hybridized carbons (Fsp3) is 0.357. The molecule has 1 aliphatic rings. The van der Waals surface area contributed by atoms with Crippen molar-refractivity contribution in [1.29, 1.82) is 0 Å². The molecule has 10 heteroatoms. The zero-order valence-electron chi connectivity index (χ0n) is 22.0. The van der Waals surface area contributed by atoms with Crippen molar-refractivity contribution in [2.75, 3.05) is 31.1 Å². The Labute approximate surface area is 231 Å². The zero-order valence-corrected chi connectivity index (χ0v) is 23.5. The van der Waals surface area contributed by atoms with E-state index in [1.165, 1.54) is 11.3 Å². The maximum atomic E-state index is 11.6. The van der Waals surface area contributed by atoms with Crippen LogP contribution in [0.15, 0.2) is 42.6 Å². The molecule has 1 fully saturated rings. The number of carboxylic acids is 1. The lowest BCUT2D eigenvalue weighted by molar-refractivity contribution is -0.136. The molecule has 0 aliphatic carbocycles. The Morgan fingerprint density at radius 2 is 1.79 bits per heavy atom. The number of benzene rings is 2. The Hall–Kier alpha value is -3.11. The van der Waals surface area contributed by atoms with E-state index in [0.717, 1.165) is 69.4 Å². The van der Waals surface area contributed by atoms with Crippen LogP contribution in [0.1, 0.15) is 31.9 Å². The van der Waals surface area contributed by atoms with Gasteiger partial charge in [-0.1, -0.05) is 23.7 Å². The van der Waals surface area contributed by atoms with Gasteiger partial charge in [0.2, 0.25) is 5.95 Å². The molecule has 0 bridgehead atoms. The summed E-state index contributed by atoms with van der Waals surface area (Å²) in [6.45, 7) is 10.7. The largest absolute Gasteiger partial charge is 0.481 e. The number of nitrogens with zero attached hydrogens (tertiary/aromatic N) is 4. The van der Waals surface area contributed by atoms with E-state index in [1.54, 1.807) is 27.0 Å². The fourth-order valence-corrected chi connectivity index (χ4v) is 5.36. The van der Waals surface area contributed by atoms with E-state index in [0.29, 0.717) is 11.0 Å². The smallest absolute Gasteiger partial charge is 0.307 e. The molecule has 3 N–H and O–H groups in total. The minimum absolute atomic E-state index is 0.0619. The van der Waals surface area contributed by atoms with Gasteiger partial charge < -0.3 is 20.4 Å². The molecule has 38 heavy (non-hydrogen) atoms. The first-order chi connectivity index (χ1) is 18.0. The standard InChI is InChI=1S/C24H22ClN5O2S.C4H10O/c1-14-12-19-22(21(17(14)13-20(31)32)15-2-4-16(25)5-3-15)33-23(28-19)18-6-7-27-24(29-18)30-10-8-26-9-11-30;1-4(2,3)5/h2-7,12,26H,8-11,13H2,1H3,(H,31,32);5H,1-3H3. The molecule has 0 amide bonds. The van der Waals surface area contributed by atoms with Gasteiger partial charge in [-0.05, 0) is 68.7 Å². The van der Waals surface area contributed by atoms with Crippen molar-refractivity contribution in [3.05, 3.63) is 58.7 Å². The van der Waals surface area contributed by atoms with E-state index in [-0.39, 0.29) is 6.42 Å². The van der Waals surface area contributed by atoms with Gasteiger partial charge >= 0.3 is 5.97 Å². The summed E-state index contributed by atoms with van der Waals surface area (Å²) in [5, 5.41) is 22.8. The van der Waals surface area contributed by atoms with Gasteiger partial charge in [0.05, 0.1) is 22.2 Å². The number of carboxylic acid groups (broad SMARTS) is 1. The van der Waals surface area contributed by atoms with Crippen molar-refractivity contribution in [2.45, 2.75) is 39.7 Å². The second-order valence-corrected chi connectivity index (χ2v) is 11.6. The SMILES string of the molecule is CC(C)(C)O.Cc1cc2nc(-c3ccnc(N4CCNCC4)n3)sc2c(-c2ccc(Cl)cc2)c1CC(=O)O. The maximum Gasteiger partial charge on any atom is 0.307 e. The van der Waals surface area contributed by atoms with Gasteiger partial charge in [-0.2, -0.15) is 0 Å². The number of rotatable bonds is 5. The number of hydrogen-bond donors (Lipinski definition) is 3. The molecule has 1 aliphatic heterocycles. The highest BCUT2D eigenvalue weighted by Gasteiger charge is 2.21. The Balaban J connectivity index is 0.000000617. The van der Waals surface area contributed by atoms with Crippen LogP contribution >= 0.6 is 22.9 Å². The summed E-state index contributed by atoms with van der Waals surface area (Å²) in [5.74, 6) is -0.164. The molecule has 0 saturated carbocycles. The average molecular weight is 554 g/mol. The Bertz CT molecular complexity index is 1420. The lowest BCUT2D eigenvalue weighted by Gasteiger charge is -2.27. The predicted octanol–water partition coefficient (Wildman–Crippen LogP) is 5.20. The summed E-state index contributed by atoms with van der Waals surface area (Å²) in [7, 11) is 0. The summed E-state index contributed by atoms with van der Waals surface area (Å²) < 4.78 is 0.941. The van der Waals surface area contributed by atoms with E-state index in [1.807, 2.05) is 43.3 Å². The van der Waals surface area contributed by atoms with E-state index in [4.69, 9.17) is 26.7 Å². The molecule has 3 heterocycles. The van der Waals surface area contributed by atoms with Crippen molar-refractivity contribution in [3.63, 3.8) is 0 Å². The highest BCUT2D eigenvalue weighted by molar-refractivity contribution is 7.22. The van der Waals surface area contributed by atoms with E-state index < -0.39 is 11.6 Å². The van der Waals surface area contributed by atoms with Gasteiger partial charge in [0.25, 0.3) is 0 Å². The van der Waals surface area contributed by atoms with Crippen LogP contribution in [0.25, 0.3) is 32.0 Å². The molecule has 4 aromatic rings. The second-order valence-electron chi connectivity index (χ2n) is 10.1. The Morgan fingerprint density at radius 3 is 2.42 bits per heavy atom. The molecule has 1 saturated heterocycles. The van der Waals surface area contributed by atoms with Crippen molar-refractivity contribution < 1.29 is 15.0 Å². The molecular formula is C28H32ClN5O3S. The number of fused-ring (bicyclic) bond motifs is 1. The number of thiazole rings is 1. The van der Waals surface area contributed by atoms with Crippen LogP contribution in [0.5, 0.6) is 0 Å². The molecule has 200 valence electrons. The molecule has 0 atom stereocenters. The number of aryl methyl sites for hydroxylation is 1. The number of piperazine rings is 1. The van der Waals surface area contributed by atoms with Crippen LogP contribution in [0.3, 0.4) is 0 Å². The molecule has 5 rings (SSSR count). The minimum atomic E-state index is -0.867. The number of aliphatic hydroxyl groups is 1. The highest BCUT2D eigenvalue weighted by atomic mass is 35.5. The molecule has 0 unspecified atom stereocenters. The molecule has 8 nitrogen and oxygen atoms in total. The predicted molar refractivity (Wildman–Crippen MR) is 154 cm³/mol. The topological polar surface area (TPSA) is 111 Å². The normalized spacial score (nSPS) is 13.8. The number of anilines is 1. The first-order valence-corrected chi connectivity index (χ1v) is 13.6. The van der Waals surface area contributed by atoms with Crippen LogP contribution in [0, 0.1) is 6.92 Å². The number of hydrogen-bond acceptors (Lipinski definition) is 8. The van der Waals surface area contributed by atoms with Crippen molar-refractivity contribution in [1.82, 2.24) is 20.3 Å². The molecule has 0 spiro atoms. The van der Waals surface area contributed by atoms with Gasteiger partial charge in [0.1, 0.15) is 10.7 Å². The number of aromatic nitrogens is 3. The van der Waals surface area contributed by atoms with Gasteiger partial charge in [0, 0.05) is 43.0 Å². The second kappa shape index (κ2) is 11.7. The first-order valence-electron chi connectivity index (χ1n) is 12.4. The molecule has 2 aromatic heterocycles. The van der Waals surface area contributed by atoms with E-state index in [9.17, 15) is 9.90 Å². The number of nitrogens with one attached hydrogen (secondary N) is 1. The van der Waals surface area contributed by atoms with Gasteiger partial charge in [-0.25, -0.2) is 15.0 Å². The molecule has 0 radical (unpaired) electrons. The third-order valence-electron chi connectivity index (χ3n) is 5.73. The number of halogens is 1.